The van der Waals surface area contributed by atoms with Gasteiger partial charge in [-0.05, 0) is 60.7 Å². The van der Waals surface area contributed by atoms with Gasteiger partial charge in [0.15, 0.2) is 17.5 Å². The minimum atomic E-state index is 0.620. The number of aromatic nitrogens is 5. The molecule has 0 saturated heterocycles. The average Bonchev–Trinajstić information content (AvgIpc) is 3.93. The maximum Gasteiger partial charge on any atom is 0.164 e. The predicted molar refractivity (Wildman–Crippen MR) is 232 cm³/mol. The molecule has 0 spiro atoms. The van der Waals surface area contributed by atoms with Crippen LogP contribution >= 0.6 is 0 Å². The van der Waals surface area contributed by atoms with Crippen LogP contribution in [-0.2, 0) is 0 Å². The fourth-order valence-corrected chi connectivity index (χ4v) is 8.54. The Kier molecular flexibility index (Phi) is 6.83. The van der Waals surface area contributed by atoms with Crippen LogP contribution in [-0.4, -0.2) is 24.1 Å². The second-order valence-electron chi connectivity index (χ2n) is 14.5. The molecule has 4 aromatic heterocycles. The lowest BCUT2D eigenvalue weighted by molar-refractivity contribution is 0.669. The van der Waals surface area contributed by atoms with Crippen molar-refractivity contribution < 1.29 is 4.42 Å². The largest absolute Gasteiger partial charge is 0.456 e. The molecule has 0 bridgehead atoms. The van der Waals surface area contributed by atoms with E-state index in [9.17, 15) is 0 Å². The Labute approximate surface area is 326 Å². The van der Waals surface area contributed by atoms with E-state index in [2.05, 4.69) is 124 Å². The third-order valence-corrected chi connectivity index (χ3v) is 11.2. The molecule has 12 rings (SSSR count). The van der Waals surface area contributed by atoms with E-state index < -0.39 is 0 Å². The number of rotatable bonds is 5. The number of hydrogen-bond acceptors (Lipinski definition) is 4. The van der Waals surface area contributed by atoms with Crippen LogP contribution in [0.25, 0.3) is 111 Å². The van der Waals surface area contributed by atoms with Crippen LogP contribution in [0.15, 0.2) is 192 Å². The van der Waals surface area contributed by atoms with Gasteiger partial charge in [0.05, 0.1) is 22.1 Å². The van der Waals surface area contributed by atoms with Gasteiger partial charge in [-0.15, -0.1) is 0 Å². The molecule has 4 heterocycles. The monoisotopic (exact) mass is 729 g/mol. The number of hydrogen-bond donors (Lipinski definition) is 0. The molecule has 6 heteroatoms. The van der Waals surface area contributed by atoms with Crippen molar-refractivity contribution in [1.82, 2.24) is 24.1 Å². The number of para-hydroxylation sites is 3. The molecule has 0 unspecified atom stereocenters. The van der Waals surface area contributed by atoms with E-state index in [1.54, 1.807) is 0 Å². The smallest absolute Gasteiger partial charge is 0.164 e. The summed E-state index contributed by atoms with van der Waals surface area (Å²) in [7, 11) is 0. The van der Waals surface area contributed by atoms with Gasteiger partial charge < -0.3 is 13.6 Å². The summed E-state index contributed by atoms with van der Waals surface area (Å²) in [6.07, 6.45) is 0. The van der Waals surface area contributed by atoms with Crippen LogP contribution in [0.3, 0.4) is 0 Å². The Morgan fingerprint density at radius 2 is 0.772 bits per heavy atom. The second kappa shape index (κ2) is 12.3. The molecular formula is C51H31N5O. The average molecular weight is 730 g/mol. The number of furan rings is 1. The van der Waals surface area contributed by atoms with Gasteiger partial charge in [0.25, 0.3) is 0 Å². The quantitative estimate of drug-likeness (QED) is 0.177. The standard InChI is InChI=1S/C51H31N5O/c1-3-13-32(14-4-1)49-52-50(33-15-5-2-6-16-33)54-51(53-49)34-23-25-35(26-24-34)55-45-29-36(56-43-20-10-7-17-37(43)38-18-8-11-21-44(38)56)27-28-39(45)41-30-42-40-19-9-12-22-47(40)57-48(42)31-46(41)55/h1-31H. The first-order valence-electron chi connectivity index (χ1n) is 19.1. The molecule has 6 nitrogen and oxygen atoms in total. The van der Waals surface area contributed by atoms with Crippen molar-refractivity contribution in [3.8, 4) is 45.5 Å². The lowest BCUT2D eigenvalue weighted by Crippen LogP contribution is -2.00. The van der Waals surface area contributed by atoms with E-state index in [-0.39, 0.29) is 0 Å². The molecule has 0 N–H and O–H groups in total. The van der Waals surface area contributed by atoms with Crippen molar-refractivity contribution in [3.63, 3.8) is 0 Å². The summed E-state index contributed by atoms with van der Waals surface area (Å²) in [4.78, 5) is 14.9. The van der Waals surface area contributed by atoms with Crippen LogP contribution < -0.4 is 0 Å². The highest BCUT2D eigenvalue weighted by atomic mass is 16.3. The first-order chi connectivity index (χ1) is 28.2. The molecule has 0 aliphatic carbocycles. The van der Waals surface area contributed by atoms with Crippen molar-refractivity contribution in [2.75, 3.05) is 0 Å². The van der Waals surface area contributed by atoms with Crippen molar-refractivity contribution in [3.05, 3.63) is 188 Å². The van der Waals surface area contributed by atoms with Crippen LogP contribution in [0, 0.1) is 0 Å². The summed E-state index contributed by atoms with van der Waals surface area (Å²) < 4.78 is 11.2. The lowest BCUT2D eigenvalue weighted by atomic mass is 10.1. The van der Waals surface area contributed by atoms with Crippen LogP contribution in [0.5, 0.6) is 0 Å². The maximum atomic E-state index is 6.46. The number of fused-ring (bicyclic) bond motifs is 9. The summed E-state index contributed by atoms with van der Waals surface area (Å²) in [5, 5.41) is 7.03. The van der Waals surface area contributed by atoms with Crippen molar-refractivity contribution >= 4 is 65.6 Å². The Hall–Kier alpha value is -7.83. The summed E-state index contributed by atoms with van der Waals surface area (Å²) in [6, 6.07) is 65.6. The van der Waals surface area contributed by atoms with Gasteiger partial charge in [0.1, 0.15) is 11.2 Å². The third-order valence-electron chi connectivity index (χ3n) is 11.2. The molecule has 8 aromatic carbocycles. The van der Waals surface area contributed by atoms with Crippen molar-refractivity contribution in [2.45, 2.75) is 0 Å². The van der Waals surface area contributed by atoms with Gasteiger partial charge in [-0.3, -0.25) is 0 Å². The van der Waals surface area contributed by atoms with Gasteiger partial charge in [-0.25, -0.2) is 15.0 Å². The van der Waals surface area contributed by atoms with Crippen LogP contribution in [0.1, 0.15) is 0 Å². The molecular weight excluding hydrogens is 699 g/mol. The zero-order valence-corrected chi connectivity index (χ0v) is 30.5. The molecule has 0 saturated carbocycles. The zero-order chi connectivity index (χ0) is 37.5. The van der Waals surface area contributed by atoms with Crippen molar-refractivity contribution in [2.24, 2.45) is 0 Å². The molecule has 0 atom stereocenters. The van der Waals surface area contributed by atoms with Gasteiger partial charge in [-0.1, -0.05) is 121 Å². The van der Waals surface area contributed by atoms with E-state index in [4.69, 9.17) is 19.4 Å². The third kappa shape index (κ3) is 4.94. The van der Waals surface area contributed by atoms with Crippen LogP contribution in [0.4, 0.5) is 0 Å². The summed E-state index contributed by atoms with van der Waals surface area (Å²) >= 11 is 0. The Balaban J connectivity index is 1.08. The maximum absolute atomic E-state index is 6.46. The summed E-state index contributed by atoms with van der Waals surface area (Å²) in [5.74, 6) is 1.89. The van der Waals surface area contributed by atoms with E-state index in [1.165, 1.54) is 32.6 Å². The lowest BCUT2D eigenvalue weighted by Gasteiger charge is -2.12. The highest BCUT2D eigenvalue weighted by Gasteiger charge is 2.20. The molecule has 0 aliphatic rings. The van der Waals surface area contributed by atoms with E-state index in [1.807, 2.05) is 72.8 Å². The van der Waals surface area contributed by atoms with E-state index in [0.29, 0.717) is 17.5 Å². The highest BCUT2D eigenvalue weighted by Crippen LogP contribution is 2.40. The number of nitrogens with zero attached hydrogens (tertiary/aromatic N) is 5. The van der Waals surface area contributed by atoms with Crippen LogP contribution in [0.2, 0.25) is 0 Å². The SMILES string of the molecule is c1ccc(-c2nc(-c3ccccc3)nc(-c3ccc(-n4c5cc(-n6c7ccccc7c7ccccc76)ccc5c5cc6c(cc54)oc4ccccc46)cc3)n2)cc1. The minimum absolute atomic E-state index is 0.620. The Bertz CT molecular complexity index is 3400. The van der Waals surface area contributed by atoms with Gasteiger partial charge >= 0.3 is 0 Å². The number of benzene rings is 8. The Morgan fingerprint density at radius 1 is 0.298 bits per heavy atom. The van der Waals surface area contributed by atoms with Gasteiger partial charge in [-0.2, -0.15) is 0 Å². The van der Waals surface area contributed by atoms with Crippen molar-refractivity contribution in [1.29, 1.82) is 0 Å². The van der Waals surface area contributed by atoms with Gasteiger partial charge in [0.2, 0.25) is 0 Å². The van der Waals surface area contributed by atoms with E-state index in [0.717, 1.165) is 61.0 Å². The Morgan fingerprint density at radius 3 is 1.40 bits per heavy atom. The molecule has 57 heavy (non-hydrogen) atoms. The normalized spacial score (nSPS) is 11.9. The first-order valence-corrected chi connectivity index (χ1v) is 19.1. The van der Waals surface area contributed by atoms with Gasteiger partial charge in [0, 0.05) is 66.4 Å². The predicted octanol–water partition coefficient (Wildman–Crippen LogP) is 13.0. The molecule has 0 fully saturated rings. The molecule has 12 aromatic rings. The molecule has 0 aliphatic heterocycles. The minimum Gasteiger partial charge on any atom is -0.456 e. The molecule has 0 amide bonds. The highest BCUT2D eigenvalue weighted by molar-refractivity contribution is 6.18. The second-order valence-corrected chi connectivity index (χ2v) is 14.5. The topological polar surface area (TPSA) is 61.7 Å². The van der Waals surface area contributed by atoms with E-state index >= 15 is 0 Å². The molecule has 0 radical (unpaired) electrons. The summed E-state index contributed by atoms with van der Waals surface area (Å²) in [6.45, 7) is 0. The fraction of sp³-hybridized carbons (Fsp3) is 0. The fourth-order valence-electron chi connectivity index (χ4n) is 8.54. The molecule has 266 valence electrons. The zero-order valence-electron chi connectivity index (χ0n) is 30.5. The summed E-state index contributed by atoms with van der Waals surface area (Å²) in [5.41, 5.74) is 11.2. The first kappa shape index (κ1) is 31.5.